The molecule has 1 atom stereocenters. The Morgan fingerprint density at radius 1 is 1.24 bits per heavy atom. The molecule has 0 spiro atoms. The number of rotatable bonds is 3. The lowest BCUT2D eigenvalue weighted by Gasteiger charge is -2.21. The van der Waals surface area contributed by atoms with Crippen LogP contribution in [0, 0.1) is 6.92 Å². The number of carbonyl (C=O) groups is 1. The summed E-state index contributed by atoms with van der Waals surface area (Å²) in [5, 5.41) is 13.9. The lowest BCUT2D eigenvalue weighted by molar-refractivity contribution is -0.121. The fourth-order valence-corrected chi connectivity index (χ4v) is 3.18. The van der Waals surface area contributed by atoms with Crippen molar-refractivity contribution in [2.45, 2.75) is 32.2 Å². The average molecular weight is 338 g/mol. The van der Waals surface area contributed by atoms with E-state index in [-0.39, 0.29) is 11.5 Å². The van der Waals surface area contributed by atoms with E-state index in [1.165, 1.54) is 6.07 Å². The molecule has 8 heteroatoms. The topological polar surface area (TPSA) is 97.6 Å². The summed E-state index contributed by atoms with van der Waals surface area (Å²) in [4.78, 5) is 24.0. The molecule has 1 aliphatic heterocycles. The van der Waals surface area contributed by atoms with Crippen LogP contribution in [0.15, 0.2) is 41.3 Å². The van der Waals surface area contributed by atoms with Gasteiger partial charge in [-0.15, -0.1) is 10.2 Å². The van der Waals surface area contributed by atoms with Gasteiger partial charge >= 0.3 is 0 Å². The Balaban J connectivity index is 1.54. The summed E-state index contributed by atoms with van der Waals surface area (Å²) in [7, 11) is 0. The van der Waals surface area contributed by atoms with Crippen LogP contribution in [0.2, 0.25) is 0 Å². The Bertz CT molecular complexity index is 997. The number of nitrogens with one attached hydrogen (secondary N) is 2. The number of hydrogen-bond acceptors (Lipinski definition) is 4. The zero-order valence-corrected chi connectivity index (χ0v) is 14.0. The minimum absolute atomic E-state index is 0.0965. The van der Waals surface area contributed by atoms with Crippen LogP contribution in [-0.4, -0.2) is 30.5 Å². The van der Waals surface area contributed by atoms with Crippen molar-refractivity contribution in [3.63, 3.8) is 0 Å². The molecule has 0 saturated carbocycles. The van der Waals surface area contributed by atoms with Crippen LogP contribution in [0.25, 0.3) is 5.69 Å². The number of hydrogen-bond donors (Lipinski definition) is 2. The van der Waals surface area contributed by atoms with E-state index >= 15 is 0 Å². The Morgan fingerprint density at radius 3 is 2.68 bits per heavy atom. The first kappa shape index (κ1) is 15.4. The zero-order chi connectivity index (χ0) is 17.6. The zero-order valence-electron chi connectivity index (χ0n) is 14.0. The number of H-pyrrole nitrogens is 1. The average Bonchev–Trinajstić information content (AvgIpc) is 3.28. The van der Waals surface area contributed by atoms with Crippen molar-refractivity contribution in [2.24, 2.45) is 0 Å². The quantitative estimate of drug-likeness (QED) is 0.753. The molecular formula is C17H18N6O2. The Hall–Kier alpha value is -3.16. The molecule has 0 saturated heterocycles. The van der Waals surface area contributed by atoms with Gasteiger partial charge in [0.15, 0.2) is 0 Å². The SMILES string of the molecule is Cc1nnc2n1CCC2(C)C(=O)Nc1ccc(-n2ccc(=O)[nH]2)cc1. The Labute approximate surface area is 143 Å². The van der Waals surface area contributed by atoms with Crippen molar-refractivity contribution in [3.8, 4) is 5.69 Å². The molecule has 128 valence electrons. The molecule has 1 aromatic carbocycles. The molecule has 4 rings (SSSR count). The van der Waals surface area contributed by atoms with E-state index in [4.69, 9.17) is 0 Å². The number of carbonyl (C=O) groups excluding carboxylic acids is 1. The maximum absolute atomic E-state index is 12.8. The second-order valence-corrected chi connectivity index (χ2v) is 6.47. The molecule has 3 heterocycles. The van der Waals surface area contributed by atoms with E-state index in [0.717, 1.165) is 18.1 Å². The molecule has 0 aliphatic carbocycles. The van der Waals surface area contributed by atoms with E-state index in [1.54, 1.807) is 23.0 Å². The minimum Gasteiger partial charge on any atom is -0.325 e. The number of aromatic nitrogens is 5. The summed E-state index contributed by atoms with van der Waals surface area (Å²) < 4.78 is 3.61. The van der Waals surface area contributed by atoms with Crippen molar-refractivity contribution >= 4 is 11.6 Å². The van der Waals surface area contributed by atoms with E-state index in [9.17, 15) is 9.59 Å². The van der Waals surface area contributed by atoms with Crippen molar-refractivity contribution in [1.82, 2.24) is 24.5 Å². The summed E-state index contributed by atoms with van der Waals surface area (Å²) in [5.41, 5.74) is 0.652. The van der Waals surface area contributed by atoms with E-state index in [1.807, 2.05) is 30.5 Å². The highest BCUT2D eigenvalue weighted by molar-refractivity contribution is 5.98. The molecule has 2 N–H and O–H groups in total. The first-order valence-electron chi connectivity index (χ1n) is 8.07. The summed E-state index contributed by atoms with van der Waals surface area (Å²) in [6.07, 6.45) is 2.36. The maximum Gasteiger partial charge on any atom is 0.264 e. The predicted molar refractivity (Wildman–Crippen MR) is 91.7 cm³/mol. The van der Waals surface area contributed by atoms with Gasteiger partial charge in [0.2, 0.25) is 5.91 Å². The minimum atomic E-state index is -0.689. The first-order valence-corrected chi connectivity index (χ1v) is 8.07. The van der Waals surface area contributed by atoms with Gasteiger partial charge in [0.1, 0.15) is 17.1 Å². The smallest absolute Gasteiger partial charge is 0.264 e. The number of benzene rings is 1. The number of amides is 1. The van der Waals surface area contributed by atoms with Crippen LogP contribution >= 0.6 is 0 Å². The van der Waals surface area contributed by atoms with E-state index in [0.29, 0.717) is 17.9 Å². The number of aryl methyl sites for hydroxylation is 1. The van der Waals surface area contributed by atoms with Gasteiger partial charge < -0.3 is 9.88 Å². The summed E-state index contributed by atoms with van der Waals surface area (Å²) in [5.74, 6) is 1.45. The summed E-state index contributed by atoms with van der Waals surface area (Å²) >= 11 is 0. The molecule has 1 unspecified atom stereocenters. The van der Waals surface area contributed by atoms with Gasteiger partial charge in [0.05, 0.1) is 5.69 Å². The van der Waals surface area contributed by atoms with Crippen LogP contribution in [0.4, 0.5) is 5.69 Å². The molecule has 25 heavy (non-hydrogen) atoms. The Morgan fingerprint density at radius 2 is 2.00 bits per heavy atom. The van der Waals surface area contributed by atoms with Gasteiger partial charge in [-0.3, -0.25) is 19.4 Å². The monoisotopic (exact) mass is 338 g/mol. The maximum atomic E-state index is 12.8. The molecule has 8 nitrogen and oxygen atoms in total. The predicted octanol–water partition coefficient (Wildman–Crippen LogP) is 1.37. The van der Waals surface area contributed by atoms with E-state index in [2.05, 4.69) is 20.6 Å². The van der Waals surface area contributed by atoms with Crippen molar-refractivity contribution in [3.05, 3.63) is 58.5 Å². The molecule has 2 aromatic heterocycles. The van der Waals surface area contributed by atoms with Gasteiger partial charge in [-0.1, -0.05) is 0 Å². The highest BCUT2D eigenvalue weighted by atomic mass is 16.2. The molecule has 1 amide bonds. The molecular weight excluding hydrogens is 320 g/mol. The van der Waals surface area contributed by atoms with Crippen LogP contribution in [0.3, 0.4) is 0 Å². The number of anilines is 1. The highest BCUT2D eigenvalue weighted by Gasteiger charge is 2.44. The third kappa shape index (κ3) is 2.46. The van der Waals surface area contributed by atoms with Crippen LogP contribution in [-0.2, 0) is 16.8 Å². The Kier molecular flexibility index (Phi) is 3.34. The van der Waals surface area contributed by atoms with Crippen molar-refractivity contribution < 1.29 is 4.79 Å². The van der Waals surface area contributed by atoms with Gasteiger partial charge in [-0.25, -0.2) is 0 Å². The number of fused-ring (bicyclic) bond motifs is 1. The van der Waals surface area contributed by atoms with E-state index < -0.39 is 5.41 Å². The van der Waals surface area contributed by atoms with Crippen LogP contribution < -0.4 is 10.9 Å². The summed E-state index contributed by atoms with van der Waals surface area (Å²) in [6.45, 7) is 4.54. The van der Waals surface area contributed by atoms with Crippen molar-refractivity contribution in [2.75, 3.05) is 5.32 Å². The third-order valence-corrected chi connectivity index (χ3v) is 4.77. The molecule has 3 aromatic rings. The van der Waals surface area contributed by atoms with Gasteiger partial charge in [-0.05, 0) is 44.5 Å². The second-order valence-electron chi connectivity index (χ2n) is 6.47. The molecule has 0 fully saturated rings. The van der Waals surface area contributed by atoms with Crippen LogP contribution in [0.1, 0.15) is 25.0 Å². The van der Waals surface area contributed by atoms with Gasteiger partial charge in [0.25, 0.3) is 5.56 Å². The highest BCUT2D eigenvalue weighted by Crippen LogP contribution is 2.34. The lowest BCUT2D eigenvalue weighted by Crippen LogP contribution is -2.36. The first-order chi connectivity index (χ1) is 12.0. The molecule has 0 bridgehead atoms. The lowest BCUT2D eigenvalue weighted by atomic mass is 9.87. The molecule has 0 radical (unpaired) electrons. The number of aromatic amines is 1. The fraction of sp³-hybridized carbons (Fsp3) is 0.294. The fourth-order valence-electron chi connectivity index (χ4n) is 3.18. The van der Waals surface area contributed by atoms with Gasteiger partial charge in [-0.2, -0.15) is 0 Å². The number of nitrogens with zero attached hydrogens (tertiary/aromatic N) is 4. The van der Waals surface area contributed by atoms with Crippen LogP contribution in [0.5, 0.6) is 0 Å². The summed E-state index contributed by atoms with van der Waals surface area (Å²) in [6, 6.07) is 8.72. The second kappa shape index (κ2) is 5.44. The molecule has 1 aliphatic rings. The third-order valence-electron chi connectivity index (χ3n) is 4.77. The van der Waals surface area contributed by atoms with Gasteiger partial charge in [0, 0.05) is 24.5 Å². The largest absolute Gasteiger partial charge is 0.325 e. The normalized spacial score (nSPS) is 19.0. The standard InChI is InChI=1S/C17H18N6O2/c1-11-19-20-15-17(2,8-10-22(11)15)16(25)18-12-3-5-13(6-4-12)23-9-7-14(24)21-23/h3-7,9H,8,10H2,1-2H3,(H,18,25)(H,21,24). The van der Waals surface area contributed by atoms with Crippen molar-refractivity contribution in [1.29, 1.82) is 0 Å².